The molecule has 0 aliphatic carbocycles. The Hall–Kier alpha value is -4.07. The van der Waals surface area contributed by atoms with Crippen LogP contribution in [0.3, 0.4) is 0 Å². The number of unbranched alkanes of at least 4 members (excludes halogenated alkanes) is 4. The molecule has 0 saturated carbocycles. The minimum absolute atomic E-state index is 0.0520. The van der Waals surface area contributed by atoms with Crippen molar-refractivity contribution in [1.82, 2.24) is 5.73 Å². The Bertz CT molecular complexity index is 1420. The van der Waals surface area contributed by atoms with Crippen LogP contribution in [-0.2, 0) is 32.6 Å². The van der Waals surface area contributed by atoms with Crippen LogP contribution < -0.4 is 15.2 Å². The Balaban J connectivity index is 1.10. The number of nitrogens with zero attached hydrogens (tertiary/aromatic N) is 2. The second-order valence-corrected chi connectivity index (χ2v) is 10.8. The molecule has 4 rings (SSSR count). The normalized spacial score (nSPS) is 10.8. The maximum Gasteiger partial charge on any atom is 0.187 e. The van der Waals surface area contributed by atoms with Crippen molar-refractivity contribution < 1.29 is 9.47 Å². The minimum atomic E-state index is 0.0520. The fourth-order valence-corrected chi connectivity index (χ4v) is 4.97. The van der Waals surface area contributed by atoms with Crippen molar-refractivity contribution in [3.8, 4) is 11.5 Å². The van der Waals surface area contributed by atoms with Crippen molar-refractivity contribution in [2.75, 3.05) is 0 Å². The molecule has 0 fully saturated rings. The third-order valence-electron chi connectivity index (χ3n) is 7.61. The fourth-order valence-electron chi connectivity index (χ4n) is 4.97. The lowest BCUT2D eigenvalue weighted by Gasteiger charge is -2.11. The van der Waals surface area contributed by atoms with Gasteiger partial charge in [-0.25, -0.2) is 4.85 Å². The maximum atomic E-state index is 9.17. The van der Waals surface area contributed by atoms with Crippen LogP contribution >= 0.6 is 0 Å². The summed E-state index contributed by atoms with van der Waals surface area (Å²) < 4.78 is 11.8. The molecule has 0 saturated heterocycles. The zero-order valence-electron chi connectivity index (χ0n) is 24.4. The second-order valence-electron chi connectivity index (χ2n) is 10.8. The molecule has 0 atom stereocenters. The number of benzene rings is 4. The molecule has 41 heavy (non-hydrogen) atoms. The van der Waals surface area contributed by atoms with Crippen LogP contribution in [0, 0.1) is 20.4 Å². The lowest BCUT2D eigenvalue weighted by Crippen LogP contribution is -1.99. The highest BCUT2D eigenvalue weighted by Gasteiger charge is 2.05. The monoisotopic (exact) mass is 544 g/mol. The van der Waals surface area contributed by atoms with E-state index in [4.69, 9.17) is 16.0 Å². The maximum absolute atomic E-state index is 9.17. The molecule has 4 nitrogen and oxygen atoms in total. The quantitative estimate of drug-likeness (QED) is 0.111. The van der Waals surface area contributed by atoms with Gasteiger partial charge in [-0.05, 0) is 103 Å². The first-order valence-electron chi connectivity index (χ1n) is 14.6. The van der Waals surface area contributed by atoms with Crippen molar-refractivity contribution in [3.05, 3.63) is 135 Å². The minimum Gasteiger partial charge on any atom is -0.489 e. The molecule has 0 N–H and O–H groups in total. The molecule has 4 heteroatoms. The summed E-state index contributed by atoms with van der Waals surface area (Å²) in [6.45, 7) is 12.5. The predicted octanol–water partition coefficient (Wildman–Crippen LogP) is 9.32. The second kappa shape index (κ2) is 15.6. The van der Waals surface area contributed by atoms with Gasteiger partial charge in [-0.1, -0.05) is 79.9 Å². The van der Waals surface area contributed by atoms with E-state index in [0.29, 0.717) is 18.9 Å². The molecule has 0 unspecified atom stereocenters. The summed E-state index contributed by atoms with van der Waals surface area (Å²) in [6.07, 6.45) is 8.49. The van der Waals surface area contributed by atoms with Crippen LogP contribution in [0.1, 0.15) is 71.0 Å². The molecule has 4 aromatic rings. The molecular formula is C37H40N2O2. The van der Waals surface area contributed by atoms with E-state index in [-0.39, 0.29) is 6.54 Å². The van der Waals surface area contributed by atoms with Gasteiger partial charge in [0.2, 0.25) is 0 Å². The Labute approximate surface area is 246 Å². The van der Waals surface area contributed by atoms with Crippen molar-refractivity contribution in [2.45, 2.75) is 78.6 Å². The lowest BCUT2D eigenvalue weighted by molar-refractivity contribution is 0.305. The molecule has 2 radical (unpaired) electrons. The summed E-state index contributed by atoms with van der Waals surface area (Å²) in [5.74, 6) is 1.62. The van der Waals surface area contributed by atoms with Crippen molar-refractivity contribution in [1.29, 1.82) is 0 Å². The smallest absolute Gasteiger partial charge is 0.187 e. The van der Waals surface area contributed by atoms with Gasteiger partial charge in [0, 0.05) is 0 Å². The summed E-state index contributed by atoms with van der Waals surface area (Å²) in [4.78, 5) is 3.42. The van der Waals surface area contributed by atoms with E-state index < -0.39 is 0 Å². The Morgan fingerprint density at radius 1 is 0.585 bits per heavy atom. The number of hydrogen-bond donors (Lipinski definition) is 0. The molecule has 0 aliphatic heterocycles. The number of rotatable bonds is 15. The zero-order valence-corrected chi connectivity index (χ0v) is 24.4. The van der Waals surface area contributed by atoms with Crippen LogP contribution in [0.4, 0.5) is 5.69 Å². The van der Waals surface area contributed by atoms with Crippen LogP contribution in [0.5, 0.6) is 11.5 Å². The van der Waals surface area contributed by atoms with Crippen molar-refractivity contribution in [3.63, 3.8) is 0 Å². The van der Waals surface area contributed by atoms with Gasteiger partial charge in [0.05, 0.1) is 13.1 Å². The first kappa shape index (κ1) is 29.9. The Morgan fingerprint density at radius 2 is 1.02 bits per heavy atom. The van der Waals surface area contributed by atoms with Crippen LogP contribution in [0.25, 0.3) is 4.85 Å². The largest absolute Gasteiger partial charge is 0.489 e. The van der Waals surface area contributed by atoms with E-state index in [9.17, 15) is 5.73 Å². The third kappa shape index (κ3) is 9.52. The van der Waals surface area contributed by atoms with E-state index in [1.807, 2.05) is 36.4 Å². The van der Waals surface area contributed by atoms with Gasteiger partial charge in [0.1, 0.15) is 24.7 Å². The van der Waals surface area contributed by atoms with E-state index in [2.05, 4.69) is 55.1 Å². The van der Waals surface area contributed by atoms with Crippen LogP contribution in [0.15, 0.2) is 84.9 Å². The highest BCUT2D eigenvalue weighted by Crippen LogP contribution is 2.22. The average molecular weight is 545 g/mol. The summed E-state index contributed by atoms with van der Waals surface area (Å²) in [6, 6.07) is 28.3. The van der Waals surface area contributed by atoms with Gasteiger partial charge in [-0.3, -0.25) is 0 Å². The predicted molar refractivity (Wildman–Crippen MR) is 166 cm³/mol. The zero-order chi connectivity index (χ0) is 28.9. The van der Waals surface area contributed by atoms with Gasteiger partial charge >= 0.3 is 0 Å². The summed E-state index contributed by atoms with van der Waals surface area (Å²) in [7, 11) is 0. The molecule has 0 heterocycles. The standard InChI is InChI=1S/C37H40N2O2/c1-28-23-30(11-15-33(28)26-40-36-19-13-32(25-38)14-20-36)9-7-5-4-6-8-10-31-12-16-34(29(2)24-31)27-41-37-21-17-35(39-3)18-22-37/h11-24H,4-10,25-27H2,1-2H3. The highest BCUT2D eigenvalue weighted by molar-refractivity contribution is 5.47. The van der Waals surface area contributed by atoms with E-state index in [1.165, 1.54) is 65.5 Å². The molecule has 0 amide bonds. The van der Waals surface area contributed by atoms with Gasteiger partial charge < -0.3 is 9.47 Å². The molecule has 0 bridgehead atoms. The van der Waals surface area contributed by atoms with Gasteiger partial charge in [0.15, 0.2) is 5.69 Å². The SMILES string of the molecule is [C-]#[N+]c1ccc(OCc2ccc(CCCCCCCc3ccc(COc4ccc(C[N])cc4)c(C)c3)cc2C)cc1. The summed E-state index contributed by atoms with van der Waals surface area (Å²) in [5, 5.41) is 0. The topological polar surface area (TPSA) is 45.1 Å². The fraction of sp³-hybridized carbons (Fsp3) is 0.324. The van der Waals surface area contributed by atoms with Crippen molar-refractivity contribution in [2.24, 2.45) is 0 Å². The molecular weight excluding hydrogens is 504 g/mol. The number of ether oxygens (including phenoxy) is 2. The molecule has 210 valence electrons. The molecule has 0 aliphatic rings. The average Bonchev–Trinajstić information content (AvgIpc) is 3.00. The first-order chi connectivity index (χ1) is 20.0. The van der Waals surface area contributed by atoms with Crippen molar-refractivity contribution >= 4 is 5.69 Å². The Morgan fingerprint density at radius 3 is 1.46 bits per heavy atom. The lowest BCUT2D eigenvalue weighted by atomic mass is 9.99. The van der Waals surface area contributed by atoms with Gasteiger partial charge in [-0.15, -0.1) is 5.73 Å². The third-order valence-corrected chi connectivity index (χ3v) is 7.61. The number of hydrogen-bond acceptors (Lipinski definition) is 2. The van der Waals surface area contributed by atoms with Gasteiger partial charge in [0.25, 0.3) is 0 Å². The first-order valence-corrected chi connectivity index (χ1v) is 14.6. The van der Waals surface area contributed by atoms with E-state index >= 15 is 0 Å². The van der Waals surface area contributed by atoms with Gasteiger partial charge in [-0.2, -0.15) is 0 Å². The Kier molecular flexibility index (Phi) is 11.4. The van der Waals surface area contributed by atoms with Crippen LogP contribution in [-0.4, -0.2) is 0 Å². The molecule has 0 aromatic heterocycles. The highest BCUT2D eigenvalue weighted by atomic mass is 16.5. The number of aryl methyl sites for hydroxylation is 4. The molecule has 4 aromatic carbocycles. The summed E-state index contributed by atoms with van der Waals surface area (Å²) in [5.41, 5.74) is 18.5. The van der Waals surface area contributed by atoms with E-state index in [1.54, 1.807) is 12.1 Å². The summed E-state index contributed by atoms with van der Waals surface area (Å²) >= 11 is 0. The molecule has 0 spiro atoms. The van der Waals surface area contributed by atoms with E-state index in [0.717, 1.165) is 29.9 Å². The van der Waals surface area contributed by atoms with Crippen LogP contribution in [0.2, 0.25) is 0 Å².